The van der Waals surface area contributed by atoms with E-state index in [1.165, 1.54) is 16.8 Å². The number of carboxylic acid groups (broad SMARTS) is 1. The van der Waals surface area contributed by atoms with Crippen LogP contribution in [0.15, 0.2) is 16.9 Å². The molecule has 1 fully saturated rings. The number of hydrogen-bond acceptors (Lipinski definition) is 7. The number of carbonyl (C=O) groups excluding carboxylic acids is 3. The van der Waals surface area contributed by atoms with Gasteiger partial charge >= 0.3 is 12.0 Å². The number of guanidine groups is 1. The molecule has 11 heteroatoms. The minimum absolute atomic E-state index is 0.000986. The van der Waals surface area contributed by atoms with Crippen molar-refractivity contribution in [1.82, 2.24) is 20.0 Å². The van der Waals surface area contributed by atoms with E-state index in [0.717, 1.165) is 0 Å². The van der Waals surface area contributed by atoms with Crippen LogP contribution in [-0.4, -0.2) is 74.9 Å². The van der Waals surface area contributed by atoms with Crippen molar-refractivity contribution in [1.29, 1.82) is 0 Å². The number of urea groups is 1. The second-order valence-corrected chi connectivity index (χ2v) is 6.10. The van der Waals surface area contributed by atoms with Crippen molar-refractivity contribution in [3.63, 3.8) is 0 Å². The van der Waals surface area contributed by atoms with E-state index in [4.69, 9.17) is 5.73 Å². The number of aliphatic imine (C=N–C) groups is 1. The van der Waals surface area contributed by atoms with Crippen LogP contribution in [0, 0.1) is 0 Å². The third kappa shape index (κ3) is 2.57. The molecule has 3 atom stereocenters. The Labute approximate surface area is 142 Å². The van der Waals surface area contributed by atoms with Gasteiger partial charge in [0.25, 0.3) is 5.91 Å². The Kier molecular flexibility index (Phi) is 3.85. The predicted octanol–water partition coefficient (Wildman–Crippen LogP) is -1.57. The molecule has 0 spiro atoms. The molecular formula is C14H18N6O5. The first-order valence-electron chi connectivity index (χ1n) is 7.65. The molecule has 0 aromatic carbocycles. The fourth-order valence-electron chi connectivity index (χ4n) is 3.24. The normalized spacial score (nSPS) is 25.9. The number of rotatable bonds is 5. The molecule has 0 aromatic heterocycles. The number of amides is 4. The summed E-state index contributed by atoms with van der Waals surface area (Å²) in [6, 6.07) is -2.38. The third-order valence-corrected chi connectivity index (χ3v) is 4.46. The number of carboxylic acids is 1. The third-order valence-electron chi connectivity index (χ3n) is 4.46. The van der Waals surface area contributed by atoms with Gasteiger partial charge in [-0.1, -0.05) is 0 Å². The number of primary amides is 1. The molecule has 0 saturated carbocycles. The summed E-state index contributed by atoms with van der Waals surface area (Å²) in [4.78, 5) is 55.4. The van der Waals surface area contributed by atoms with Crippen LogP contribution in [0.4, 0.5) is 4.79 Å². The largest absolute Gasteiger partial charge is 0.480 e. The van der Waals surface area contributed by atoms with Crippen LogP contribution in [0.2, 0.25) is 0 Å². The zero-order valence-corrected chi connectivity index (χ0v) is 13.7. The average Bonchev–Trinajstić information content (AvgIpc) is 3.01. The first kappa shape index (κ1) is 16.7. The maximum Gasteiger partial charge on any atom is 0.326 e. The van der Waals surface area contributed by atoms with E-state index < -0.39 is 42.1 Å². The second kappa shape index (κ2) is 5.76. The molecule has 25 heavy (non-hydrogen) atoms. The SMILES string of the molecule is CC1=CN2C(=NC3C2C(=O)NC(=O)N3C)N1C(CCC(N)=O)C(=O)O. The van der Waals surface area contributed by atoms with Crippen LogP contribution in [0.3, 0.4) is 0 Å². The van der Waals surface area contributed by atoms with Crippen molar-refractivity contribution in [2.45, 2.75) is 38.0 Å². The van der Waals surface area contributed by atoms with Crippen molar-refractivity contribution in [3.8, 4) is 0 Å². The quantitative estimate of drug-likeness (QED) is 0.542. The Morgan fingerprint density at radius 2 is 2.12 bits per heavy atom. The predicted molar refractivity (Wildman–Crippen MR) is 83.6 cm³/mol. The van der Waals surface area contributed by atoms with Gasteiger partial charge in [0.05, 0.1) is 0 Å². The molecule has 4 N–H and O–H groups in total. The highest BCUT2D eigenvalue weighted by atomic mass is 16.4. The Hall–Kier alpha value is -3.11. The number of hydrogen-bond donors (Lipinski definition) is 3. The number of likely N-dealkylation sites (N-methyl/N-ethyl adjacent to an activating group) is 1. The maximum absolute atomic E-state index is 12.2. The maximum atomic E-state index is 12.2. The molecule has 3 aliphatic rings. The molecule has 4 amide bonds. The van der Waals surface area contributed by atoms with Gasteiger partial charge < -0.3 is 25.5 Å². The van der Waals surface area contributed by atoms with E-state index in [0.29, 0.717) is 5.70 Å². The zero-order valence-electron chi connectivity index (χ0n) is 13.7. The summed E-state index contributed by atoms with van der Waals surface area (Å²) >= 11 is 0. The zero-order chi connectivity index (χ0) is 18.5. The van der Waals surface area contributed by atoms with Gasteiger partial charge in [0.1, 0.15) is 6.04 Å². The number of fused-ring (bicyclic) bond motifs is 3. The van der Waals surface area contributed by atoms with Crippen LogP contribution >= 0.6 is 0 Å². The van der Waals surface area contributed by atoms with Crippen LogP contribution in [-0.2, 0) is 14.4 Å². The molecule has 11 nitrogen and oxygen atoms in total. The van der Waals surface area contributed by atoms with Gasteiger partial charge in [-0.05, 0) is 13.3 Å². The Morgan fingerprint density at radius 3 is 2.72 bits per heavy atom. The lowest BCUT2D eigenvalue weighted by atomic mass is 10.1. The molecular weight excluding hydrogens is 332 g/mol. The van der Waals surface area contributed by atoms with E-state index in [-0.39, 0.29) is 18.8 Å². The number of allylic oxidation sites excluding steroid dienone is 1. The van der Waals surface area contributed by atoms with E-state index in [1.807, 2.05) is 0 Å². The van der Waals surface area contributed by atoms with Crippen molar-refractivity contribution >= 4 is 29.8 Å². The number of nitrogens with two attached hydrogens (primary N) is 1. The van der Waals surface area contributed by atoms with Gasteiger partial charge in [-0.2, -0.15) is 0 Å². The Bertz CT molecular complexity index is 731. The van der Waals surface area contributed by atoms with Crippen LogP contribution in [0.5, 0.6) is 0 Å². The lowest BCUT2D eigenvalue weighted by molar-refractivity contribution is -0.141. The van der Waals surface area contributed by atoms with Crippen molar-refractivity contribution in [2.24, 2.45) is 10.7 Å². The molecule has 3 aliphatic heterocycles. The lowest BCUT2D eigenvalue weighted by Crippen LogP contribution is -2.62. The fourth-order valence-corrected chi connectivity index (χ4v) is 3.24. The van der Waals surface area contributed by atoms with Gasteiger partial charge in [-0.3, -0.25) is 14.9 Å². The van der Waals surface area contributed by atoms with Gasteiger partial charge in [0.2, 0.25) is 11.9 Å². The van der Waals surface area contributed by atoms with E-state index in [1.54, 1.807) is 18.0 Å². The molecule has 134 valence electrons. The Balaban J connectivity index is 1.93. The molecule has 0 bridgehead atoms. The van der Waals surface area contributed by atoms with Crippen LogP contribution in [0.25, 0.3) is 0 Å². The van der Waals surface area contributed by atoms with E-state index in [9.17, 15) is 24.3 Å². The number of nitrogens with zero attached hydrogens (tertiary/aromatic N) is 4. The number of aliphatic carboxylic acids is 1. The van der Waals surface area contributed by atoms with Gasteiger partial charge in [0.15, 0.2) is 12.2 Å². The van der Waals surface area contributed by atoms with Crippen LogP contribution < -0.4 is 11.1 Å². The summed E-state index contributed by atoms with van der Waals surface area (Å²) in [6.45, 7) is 1.69. The summed E-state index contributed by atoms with van der Waals surface area (Å²) in [5.41, 5.74) is 5.70. The molecule has 3 unspecified atom stereocenters. The highest BCUT2D eigenvalue weighted by Gasteiger charge is 2.52. The highest BCUT2D eigenvalue weighted by Crippen LogP contribution is 2.33. The minimum atomic E-state index is -1.14. The topological polar surface area (TPSA) is 149 Å². The second-order valence-electron chi connectivity index (χ2n) is 6.10. The monoisotopic (exact) mass is 350 g/mol. The summed E-state index contributed by atoms with van der Waals surface area (Å²) < 4.78 is 0. The minimum Gasteiger partial charge on any atom is -0.480 e. The van der Waals surface area contributed by atoms with Gasteiger partial charge in [-0.25, -0.2) is 14.6 Å². The summed E-state index contributed by atoms with van der Waals surface area (Å²) in [5.74, 6) is -1.97. The van der Waals surface area contributed by atoms with Crippen molar-refractivity contribution < 1.29 is 24.3 Å². The molecule has 1 saturated heterocycles. The molecule has 0 aromatic rings. The summed E-state index contributed by atoms with van der Waals surface area (Å²) in [7, 11) is 1.51. The number of carbonyl (C=O) groups is 4. The Morgan fingerprint density at radius 1 is 1.44 bits per heavy atom. The van der Waals surface area contributed by atoms with Crippen molar-refractivity contribution in [3.05, 3.63) is 11.9 Å². The molecule has 3 heterocycles. The fraction of sp³-hybridized carbons (Fsp3) is 0.500. The summed E-state index contributed by atoms with van der Waals surface area (Å²) in [5, 5.41) is 11.8. The number of nitrogens with one attached hydrogen (secondary N) is 1. The number of imide groups is 1. The van der Waals surface area contributed by atoms with Gasteiger partial charge in [-0.15, -0.1) is 0 Å². The first-order valence-corrected chi connectivity index (χ1v) is 7.65. The van der Waals surface area contributed by atoms with E-state index >= 15 is 0 Å². The summed E-state index contributed by atoms with van der Waals surface area (Å²) in [6.07, 6.45) is 0.778. The van der Waals surface area contributed by atoms with Gasteiger partial charge in [0, 0.05) is 25.4 Å². The molecule has 0 radical (unpaired) electrons. The average molecular weight is 350 g/mol. The first-order chi connectivity index (χ1) is 11.7. The van der Waals surface area contributed by atoms with Crippen LogP contribution in [0.1, 0.15) is 19.8 Å². The van der Waals surface area contributed by atoms with E-state index in [2.05, 4.69) is 10.3 Å². The lowest BCUT2D eigenvalue weighted by Gasteiger charge is -2.34. The van der Waals surface area contributed by atoms with Crippen molar-refractivity contribution in [2.75, 3.05) is 7.05 Å². The smallest absolute Gasteiger partial charge is 0.326 e. The molecule has 0 aliphatic carbocycles. The highest BCUT2D eigenvalue weighted by molar-refractivity contribution is 6.05. The molecule has 3 rings (SSSR count). The standard InChI is InChI=1S/C14H18N6O5/c1-6-5-19-9-10(18(2)14(25)17-11(9)22)16-13(19)20(6)7(12(23)24)3-4-8(15)21/h5,7,9-10H,3-4H2,1-2H3,(H2,15,21)(H,23,24)(H,17,22,25).